The van der Waals surface area contributed by atoms with Crippen LogP contribution in [0.25, 0.3) is 0 Å². The quantitative estimate of drug-likeness (QED) is 0.768. The third-order valence-electron chi connectivity index (χ3n) is 3.98. The van der Waals surface area contributed by atoms with Gasteiger partial charge in [-0.2, -0.15) is 0 Å². The average molecular weight is 278 g/mol. The van der Waals surface area contributed by atoms with Crippen molar-refractivity contribution in [3.8, 4) is 5.75 Å². The molecule has 0 amide bonds. The van der Waals surface area contributed by atoms with Gasteiger partial charge in [-0.05, 0) is 44.7 Å². The van der Waals surface area contributed by atoms with Crippen LogP contribution in [0.2, 0.25) is 0 Å². The van der Waals surface area contributed by atoms with Crippen LogP contribution in [0.5, 0.6) is 5.75 Å². The van der Waals surface area contributed by atoms with Gasteiger partial charge in [0.1, 0.15) is 18.9 Å². The molecule has 1 saturated heterocycles. The number of nitrogens with one attached hydrogen (secondary N) is 1. The van der Waals surface area contributed by atoms with Crippen molar-refractivity contribution in [3.63, 3.8) is 0 Å². The highest BCUT2D eigenvalue weighted by Crippen LogP contribution is 2.18. The average Bonchev–Trinajstić information content (AvgIpc) is 2.46. The van der Waals surface area contributed by atoms with Crippen LogP contribution in [-0.2, 0) is 4.74 Å². The summed E-state index contributed by atoms with van der Waals surface area (Å²) >= 11 is 0. The number of hydrogen-bond acceptors (Lipinski definition) is 2. The Hall–Kier alpha value is -1.06. The van der Waals surface area contributed by atoms with E-state index in [1.165, 1.54) is 43.5 Å². The Morgan fingerprint density at radius 1 is 1.00 bits per heavy atom. The third-order valence-corrected chi connectivity index (χ3v) is 3.98. The normalized spacial score (nSPS) is 16.3. The molecule has 1 aliphatic rings. The predicted octanol–water partition coefficient (Wildman–Crippen LogP) is 1.77. The molecule has 0 aliphatic carbocycles. The van der Waals surface area contributed by atoms with Crippen molar-refractivity contribution in [2.75, 3.05) is 39.5 Å². The first-order chi connectivity index (χ1) is 9.75. The van der Waals surface area contributed by atoms with E-state index in [4.69, 9.17) is 9.47 Å². The van der Waals surface area contributed by atoms with Gasteiger partial charge in [-0.3, -0.25) is 0 Å². The second kappa shape index (κ2) is 8.28. The van der Waals surface area contributed by atoms with Crippen LogP contribution in [0.3, 0.4) is 0 Å². The van der Waals surface area contributed by atoms with Crippen LogP contribution in [0.1, 0.15) is 30.4 Å². The molecule has 0 aromatic heterocycles. The molecule has 0 radical (unpaired) electrons. The van der Waals surface area contributed by atoms with Gasteiger partial charge in [-0.1, -0.05) is 17.7 Å². The molecule has 1 aliphatic heterocycles. The monoisotopic (exact) mass is 278 g/mol. The summed E-state index contributed by atoms with van der Waals surface area (Å²) in [5.41, 5.74) is 2.47. The van der Waals surface area contributed by atoms with Crippen molar-refractivity contribution >= 4 is 0 Å². The molecule has 3 nitrogen and oxygen atoms in total. The molecule has 112 valence electrons. The Morgan fingerprint density at radius 3 is 2.55 bits per heavy atom. The molecule has 1 fully saturated rings. The maximum Gasteiger partial charge on any atom is 0.122 e. The number of ether oxygens (including phenoxy) is 2. The van der Waals surface area contributed by atoms with E-state index in [0.717, 1.165) is 18.9 Å². The minimum atomic E-state index is 0.638. The molecule has 0 bridgehead atoms. The summed E-state index contributed by atoms with van der Waals surface area (Å²) in [6, 6.07) is 6.28. The second-order valence-corrected chi connectivity index (χ2v) is 5.79. The highest BCUT2D eigenvalue weighted by atomic mass is 16.5. The maximum absolute atomic E-state index is 5.75. The fraction of sp³-hybridized carbons (Fsp3) is 0.647. The Labute approximate surface area is 122 Å². The van der Waals surface area contributed by atoms with Crippen LogP contribution >= 0.6 is 0 Å². The fourth-order valence-corrected chi connectivity index (χ4v) is 2.79. The van der Waals surface area contributed by atoms with Crippen molar-refractivity contribution < 1.29 is 14.4 Å². The van der Waals surface area contributed by atoms with E-state index in [2.05, 4.69) is 26.0 Å². The van der Waals surface area contributed by atoms with Crippen molar-refractivity contribution in [3.05, 3.63) is 29.3 Å². The van der Waals surface area contributed by atoms with E-state index < -0.39 is 0 Å². The first-order valence-corrected chi connectivity index (χ1v) is 7.87. The van der Waals surface area contributed by atoms with Gasteiger partial charge >= 0.3 is 0 Å². The highest BCUT2D eigenvalue weighted by molar-refractivity contribution is 5.35. The number of likely N-dealkylation sites (tertiary alicyclic amines) is 1. The van der Waals surface area contributed by atoms with E-state index in [0.29, 0.717) is 13.2 Å². The summed E-state index contributed by atoms with van der Waals surface area (Å²) in [5, 5.41) is 0. The van der Waals surface area contributed by atoms with Gasteiger partial charge in [0, 0.05) is 0 Å². The Morgan fingerprint density at radius 2 is 1.80 bits per heavy atom. The van der Waals surface area contributed by atoms with Crippen molar-refractivity contribution in [1.82, 2.24) is 0 Å². The lowest BCUT2D eigenvalue weighted by atomic mass is 10.1. The molecule has 1 aromatic carbocycles. The smallest absolute Gasteiger partial charge is 0.122 e. The molecule has 0 unspecified atom stereocenters. The maximum atomic E-state index is 5.75. The number of piperidine rings is 1. The van der Waals surface area contributed by atoms with Gasteiger partial charge in [0.05, 0.1) is 26.3 Å². The van der Waals surface area contributed by atoms with E-state index in [1.807, 2.05) is 6.07 Å². The standard InChI is InChI=1S/C17H27NO2/c1-15-6-7-17(16(2)14-15)20-13-12-19-11-10-18-8-4-3-5-9-18/h6-7,14H,3-5,8-13H2,1-2H3/p+1. The second-order valence-electron chi connectivity index (χ2n) is 5.79. The molecule has 0 spiro atoms. The van der Waals surface area contributed by atoms with E-state index in [-0.39, 0.29) is 0 Å². The van der Waals surface area contributed by atoms with E-state index >= 15 is 0 Å². The first-order valence-electron chi connectivity index (χ1n) is 7.87. The molecular weight excluding hydrogens is 250 g/mol. The molecule has 1 aromatic rings. The summed E-state index contributed by atoms with van der Waals surface area (Å²) in [6.45, 7) is 10.1. The summed E-state index contributed by atoms with van der Waals surface area (Å²) < 4.78 is 11.4. The molecule has 0 atom stereocenters. The van der Waals surface area contributed by atoms with Gasteiger partial charge in [0.25, 0.3) is 0 Å². The third kappa shape index (κ3) is 5.14. The topological polar surface area (TPSA) is 22.9 Å². The Bertz CT molecular complexity index is 400. The van der Waals surface area contributed by atoms with Crippen LogP contribution in [0, 0.1) is 13.8 Å². The molecule has 3 heteroatoms. The number of hydrogen-bond donors (Lipinski definition) is 1. The van der Waals surface area contributed by atoms with Gasteiger partial charge < -0.3 is 14.4 Å². The molecule has 2 rings (SSSR count). The lowest BCUT2D eigenvalue weighted by Crippen LogP contribution is -3.13. The van der Waals surface area contributed by atoms with Gasteiger partial charge in [0.15, 0.2) is 0 Å². The SMILES string of the molecule is Cc1ccc(OCCOCC[NH+]2CCCCC2)c(C)c1. The molecule has 1 heterocycles. The van der Waals surface area contributed by atoms with Crippen LogP contribution in [0.15, 0.2) is 18.2 Å². The number of quaternary nitrogens is 1. The van der Waals surface area contributed by atoms with E-state index in [1.54, 1.807) is 4.90 Å². The molecular formula is C17H28NO2+. The van der Waals surface area contributed by atoms with Crippen molar-refractivity contribution in [2.45, 2.75) is 33.1 Å². The number of rotatable bonds is 7. The number of benzene rings is 1. The molecule has 20 heavy (non-hydrogen) atoms. The molecule has 1 N–H and O–H groups in total. The van der Waals surface area contributed by atoms with Crippen molar-refractivity contribution in [1.29, 1.82) is 0 Å². The lowest BCUT2D eigenvalue weighted by molar-refractivity contribution is -0.905. The summed E-state index contributed by atoms with van der Waals surface area (Å²) in [4.78, 5) is 1.70. The zero-order chi connectivity index (χ0) is 14.2. The zero-order valence-corrected chi connectivity index (χ0v) is 12.9. The minimum Gasteiger partial charge on any atom is -0.491 e. The number of aryl methyl sites for hydroxylation is 2. The zero-order valence-electron chi connectivity index (χ0n) is 12.9. The fourth-order valence-electron chi connectivity index (χ4n) is 2.79. The lowest BCUT2D eigenvalue weighted by Gasteiger charge is -2.23. The summed E-state index contributed by atoms with van der Waals surface area (Å²) in [6.07, 6.45) is 4.17. The van der Waals surface area contributed by atoms with Gasteiger partial charge in [0.2, 0.25) is 0 Å². The summed E-state index contributed by atoms with van der Waals surface area (Å²) in [5.74, 6) is 0.973. The molecule has 0 saturated carbocycles. The van der Waals surface area contributed by atoms with Gasteiger partial charge in [-0.25, -0.2) is 0 Å². The first kappa shape index (κ1) is 15.3. The summed E-state index contributed by atoms with van der Waals surface area (Å²) in [7, 11) is 0. The van der Waals surface area contributed by atoms with Crippen LogP contribution in [0.4, 0.5) is 0 Å². The Kier molecular flexibility index (Phi) is 6.34. The van der Waals surface area contributed by atoms with Crippen molar-refractivity contribution in [2.24, 2.45) is 0 Å². The largest absolute Gasteiger partial charge is 0.491 e. The van der Waals surface area contributed by atoms with Crippen LogP contribution < -0.4 is 9.64 Å². The Balaban J connectivity index is 1.55. The minimum absolute atomic E-state index is 0.638. The highest BCUT2D eigenvalue weighted by Gasteiger charge is 2.12. The van der Waals surface area contributed by atoms with Crippen LogP contribution in [-0.4, -0.2) is 39.5 Å². The van der Waals surface area contributed by atoms with Gasteiger partial charge in [-0.15, -0.1) is 0 Å². The van der Waals surface area contributed by atoms with E-state index in [9.17, 15) is 0 Å². The predicted molar refractivity (Wildman–Crippen MR) is 81.6 cm³/mol.